The molecule has 0 unspecified atom stereocenters. The monoisotopic (exact) mass is 1280 g/mol. The zero-order valence-corrected chi connectivity index (χ0v) is 51.5. The van der Waals surface area contributed by atoms with Gasteiger partial charge in [0, 0.05) is 55.1 Å². The molecule has 5 heterocycles. The van der Waals surface area contributed by atoms with E-state index < -0.39 is 0 Å². The largest absolute Gasteiger partial charge is 0.510 e. The van der Waals surface area contributed by atoms with Gasteiger partial charge in [0.05, 0.1) is 33.4 Å². The Morgan fingerprint density at radius 2 is 0.965 bits per heavy atom. The minimum atomic E-state index is -0.207. The van der Waals surface area contributed by atoms with Gasteiger partial charge in [-0.15, -0.1) is 29.7 Å². The molecule has 0 spiro atoms. The smallest absolute Gasteiger partial charge is 0.268 e. The fourth-order valence-electron chi connectivity index (χ4n) is 12.8. The molecule has 14 aromatic rings. The van der Waals surface area contributed by atoms with Crippen LogP contribution in [0.15, 0.2) is 219 Å². The topological polar surface area (TPSA) is 40.8 Å². The number of benzene rings is 10. The molecule has 0 radical (unpaired) electrons. The van der Waals surface area contributed by atoms with Crippen LogP contribution in [0.2, 0.25) is 0 Å². The summed E-state index contributed by atoms with van der Waals surface area (Å²) in [5.41, 5.74) is 21.6. The van der Waals surface area contributed by atoms with E-state index in [1.54, 1.807) is 0 Å². The van der Waals surface area contributed by atoms with Crippen LogP contribution in [0.25, 0.3) is 122 Å². The van der Waals surface area contributed by atoms with Crippen LogP contribution in [0.4, 0.5) is 0 Å². The average Bonchev–Trinajstić information content (AvgIpc) is 2.02. The summed E-state index contributed by atoms with van der Waals surface area (Å²) in [6.07, 6.45) is 6.02. The van der Waals surface area contributed by atoms with Gasteiger partial charge < -0.3 is 18.4 Å². The molecular formula is C78H63N5OPt-2. The number of hydrogen-bond acceptors (Lipinski definition) is 2. The van der Waals surface area contributed by atoms with Crippen molar-refractivity contribution in [2.24, 2.45) is 0 Å². The first-order valence-electron chi connectivity index (χ1n) is 29.2. The summed E-state index contributed by atoms with van der Waals surface area (Å²) < 4.78 is 16.2. The van der Waals surface area contributed by atoms with Crippen molar-refractivity contribution in [1.82, 2.24) is 18.7 Å². The second kappa shape index (κ2) is 20.0. The zero-order chi connectivity index (χ0) is 57.4. The summed E-state index contributed by atoms with van der Waals surface area (Å²) in [5, 5.41) is 4.61. The van der Waals surface area contributed by atoms with Crippen LogP contribution in [-0.2, 0) is 37.3 Å². The van der Waals surface area contributed by atoms with E-state index in [2.05, 4.69) is 299 Å². The summed E-state index contributed by atoms with van der Waals surface area (Å²) in [7, 11) is 0. The summed E-state index contributed by atoms with van der Waals surface area (Å²) in [6.45, 7) is 20.5. The van der Waals surface area contributed by atoms with Crippen LogP contribution in [0.3, 0.4) is 0 Å². The van der Waals surface area contributed by atoms with Crippen LogP contribution in [-0.4, -0.2) is 18.7 Å². The first-order chi connectivity index (χ1) is 40.5. The molecular weight excluding hydrogens is 1220 g/mol. The van der Waals surface area contributed by atoms with E-state index >= 15 is 0 Å². The van der Waals surface area contributed by atoms with E-state index in [9.17, 15) is 0 Å². The minimum Gasteiger partial charge on any atom is -0.510 e. The van der Waals surface area contributed by atoms with Gasteiger partial charge in [-0.25, -0.2) is 4.98 Å². The zero-order valence-electron chi connectivity index (χ0n) is 49.2. The molecule has 0 bridgehead atoms. The quantitative estimate of drug-likeness (QED) is 0.123. The van der Waals surface area contributed by atoms with Crippen molar-refractivity contribution in [1.29, 1.82) is 0 Å². The van der Waals surface area contributed by atoms with Crippen LogP contribution in [0.5, 0.6) is 11.5 Å². The van der Waals surface area contributed by atoms with Crippen molar-refractivity contribution in [3.63, 3.8) is 0 Å². The number of pyridine rings is 1. The van der Waals surface area contributed by atoms with E-state index in [0.717, 1.165) is 106 Å². The van der Waals surface area contributed by atoms with Crippen molar-refractivity contribution in [3.8, 4) is 78.9 Å². The number of para-hydroxylation sites is 3. The van der Waals surface area contributed by atoms with Gasteiger partial charge in [-0.2, -0.15) is 18.2 Å². The van der Waals surface area contributed by atoms with Gasteiger partial charge in [0.1, 0.15) is 5.82 Å². The molecule has 4 aromatic heterocycles. The van der Waals surface area contributed by atoms with Crippen molar-refractivity contribution >= 4 is 54.6 Å². The number of ether oxygens (including phenoxy) is 1. The molecule has 0 amide bonds. The molecule has 0 saturated heterocycles. The van der Waals surface area contributed by atoms with Gasteiger partial charge in [-0.1, -0.05) is 207 Å². The third-order valence-electron chi connectivity index (χ3n) is 17.2. The summed E-state index contributed by atoms with van der Waals surface area (Å²) in [4.78, 5) is 4.94. The Kier molecular flexibility index (Phi) is 12.7. The summed E-state index contributed by atoms with van der Waals surface area (Å²) in [6, 6.07) is 85.0. The fourth-order valence-corrected chi connectivity index (χ4v) is 12.8. The van der Waals surface area contributed by atoms with E-state index in [-0.39, 0.29) is 37.3 Å². The first-order valence-corrected chi connectivity index (χ1v) is 29.2. The molecule has 1 aliphatic rings. The Bertz CT molecular complexity index is 4940. The predicted octanol–water partition coefficient (Wildman–Crippen LogP) is 19.6. The van der Waals surface area contributed by atoms with Crippen LogP contribution in [0, 0.1) is 18.5 Å². The molecule has 0 atom stereocenters. The first kappa shape index (κ1) is 53.9. The Balaban J connectivity index is 0.00000640. The second-order valence-electron chi connectivity index (χ2n) is 25.7. The van der Waals surface area contributed by atoms with E-state index in [1.807, 2.05) is 18.3 Å². The number of rotatable bonds is 6. The number of nitrogens with zero attached hydrogens (tertiary/aromatic N) is 5. The van der Waals surface area contributed by atoms with Crippen LogP contribution in [0.1, 0.15) is 79.0 Å². The second-order valence-corrected chi connectivity index (χ2v) is 25.7. The van der Waals surface area contributed by atoms with Gasteiger partial charge in [-0.05, 0) is 131 Å². The number of hydrogen-bond donors (Lipinski definition) is 0. The Morgan fingerprint density at radius 3 is 1.59 bits per heavy atom. The maximum Gasteiger partial charge on any atom is 0.268 e. The Labute approximate surface area is 511 Å². The van der Waals surface area contributed by atoms with Gasteiger partial charge in [0.2, 0.25) is 0 Å². The van der Waals surface area contributed by atoms with Gasteiger partial charge >= 0.3 is 0 Å². The molecule has 85 heavy (non-hydrogen) atoms. The Hall–Kier alpha value is -9.09. The maximum absolute atomic E-state index is 6.94. The molecule has 10 aromatic carbocycles. The minimum absolute atomic E-state index is 0. The van der Waals surface area contributed by atoms with E-state index in [0.29, 0.717) is 11.5 Å². The fraction of sp³-hybridized carbons (Fsp3) is 0.154. The van der Waals surface area contributed by atoms with Gasteiger partial charge in [0.25, 0.3) is 6.33 Å². The molecule has 0 fully saturated rings. The van der Waals surface area contributed by atoms with Crippen LogP contribution >= 0.6 is 0 Å². The standard InChI is InChI=1S/C78H63N5O.Pt/c1-76(2,3)51-35-33-49(34-36-51)50-41-65-59-25-12-10-23-57(59)58-24-11-13-26-60(58)66-43-53(78(7,8)9)44-72(82-67-30-17-14-27-61(67)62-28-15-18-31-68(62)82)75(66)81-48-80(71(42-50)74(65)81)54-21-20-22-55(46-54)84-56-37-38-64-63-29-16-19-32-69(63)83(70(64)47-56)73-45-52(39-40-79-73)77(4,5)6;/h10-45H,1-9H3;/q-2;. The van der Waals surface area contributed by atoms with Crippen molar-refractivity contribution in [2.45, 2.75) is 78.6 Å². The molecule has 15 rings (SSSR count). The van der Waals surface area contributed by atoms with Crippen molar-refractivity contribution in [2.75, 3.05) is 0 Å². The number of imidazole rings is 1. The van der Waals surface area contributed by atoms with E-state index in [1.165, 1.54) is 33.0 Å². The third-order valence-corrected chi connectivity index (χ3v) is 17.2. The molecule has 0 saturated carbocycles. The van der Waals surface area contributed by atoms with E-state index in [4.69, 9.17) is 9.72 Å². The normalized spacial score (nSPS) is 12.4. The van der Waals surface area contributed by atoms with Crippen LogP contribution < -0.4 is 9.30 Å². The SMILES string of the molecule is CC(C)(C)c1ccc(-c2cc3c4c(c2)n(-c2[c-]c(Oc5[c-]c6c(cc5)c5ccccc5n6-c5cc(C(C)(C)C)ccn5)ccc2)[c-][n+]4-c2c(cc(C(C)(C)C)cc2-n2c4ccccc4c4ccccc42)-c2ccccc2-c2ccccc2-3)cc1.[Pt]. The Morgan fingerprint density at radius 1 is 0.412 bits per heavy atom. The molecule has 6 nitrogen and oxygen atoms in total. The average molecular weight is 1280 g/mol. The van der Waals surface area contributed by atoms with Gasteiger partial charge in [0.15, 0.2) is 0 Å². The molecule has 1 aliphatic heterocycles. The molecule has 7 heteroatoms. The summed E-state index contributed by atoms with van der Waals surface area (Å²) in [5.74, 6) is 1.96. The molecule has 0 N–H and O–H groups in total. The molecule has 0 aliphatic carbocycles. The number of aromatic nitrogens is 5. The predicted molar refractivity (Wildman–Crippen MR) is 346 cm³/mol. The number of fused-ring (bicyclic) bond motifs is 13. The van der Waals surface area contributed by atoms with Crippen molar-refractivity contribution < 1.29 is 30.4 Å². The maximum atomic E-state index is 6.94. The molecule has 418 valence electrons. The van der Waals surface area contributed by atoms with Gasteiger partial charge in [-0.3, -0.25) is 4.57 Å². The third kappa shape index (κ3) is 8.95. The van der Waals surface area contributed by atoms with Crippen molar-refractivity contribution in [3.05, 3.63) is 254 Å². The summed E-state index contributed by atoms with van der Waals surface area (Å²) >= 11 is 0.